The van der Waals surface area contributed by atoms with Gasteiger partial charge in [-0.2, -0.15) is 0 Å². The summed E-state index contributed by atoms with van der Waals surface area (Å²) in [4.78, 5) is 19.2. The number of aliphatic carboxylic acids is 1. The lowest BCUT2D eigenvalue weighted by Gasteiger charge is -2.10. The van der Waals surface area contributed by atoms with Crippen LogP contribution >= 0.6 is 23.4 Å². The zero-order valence-electron chi connectivity index (χ0n) is 12.0. The third-order valence-corrected chi connectivity index (χ3v) is 4.45. The lowest BCUT2D eigenvalue weighted by molar-refractivity contribution is -0.304. The first kappa shape index (κ1) is 15.7. The van der Waals surface area contributed by atoms with Gasteiger partial charge in [-0.3, -0.25) is 0 Å². The minimum absolute atomic E-state index is 0.467. The number of halogens is 1. The van der Waals surface area contributed by atoms with Gasteiger partial charge in [0.1, 0.15) is 11.4 Å². The van der Waals surface area contributed by atoms with Gasteiger partial charge >= 0.3 is 0 Å². The zero-order valence-corrected chi connectivity index (χ0v) is 13.6. The minimum atomic E-state index is -1.16. The first-order valence-corrected chi connectivity index (χ1v) is 7.96. The number of rotatable bonds is 5. The first-order chi connectivity index (χ1) is 11.0. The molecule has 0 fully saturated rings. The van der Waals surface area contributed by atoms with Crippen molar-refractivity contribution in [1.29, 1.82) is 0 Å². The lowest BCUT2D eigenvalue weighted by Crippen LogP contribution is -2.31. The normalized spacial score (nSPS) is 12.4. The molecule has 1 atom stereocenters. The van der Waals surface area contributed by atoms with E-state index in [9.17, 15) is 9.90 Å². The largest absolute Gasteiger partial charge is 0.549 e. The summed E-state index contributed by atoms with van der Waals surface area (Å²) < 4.78 is 1.63. The molecule has 0 aliphatic heterocycles. The predicted octanol–water partition coefficient (Wildman–Crippen LogP) is 1.15. The van der Waals surface area contributed by atoms with Crippen LogP contribution in [0.3, 0.4) is 0 Å². The topological polar surface area (TPSA) is 96.6 Å². The van der Waals surface area contributed by atoms with Gasteiger partial charge in [-0.25, -0.2) is 14.6 Å². The number of hydrogen-bond donors (Lipinski definition) is 0. The van der Waals surface area contributed by atoms with E-state index in [1.54, 1.807) is 16.8 Å². The number of carbonyl (C=O) groups is 1. The van der Waals surface area contributed by atoms with Crippen molar-refractivity contribution in [3.8, 4) is 0 Å². The van der Waals surface area contributed by atoms with Gasteiger partial charge in [0.2, 0.25) is 0 Å². The maximum atomic E-state index is 10.9. The molecule has 9 heteroatoms. The van der Waals surface area contributed by atoms with Crippen LogP contribution in [0.2, 0.25) is 5.02 Å². The van der Waals surface area contributed by atoms with E-state index < -0.39 is 11.2 Å². The van der Waals surface area contributed by atoms with Gasteiger partial charge in [0, 0.05) is 10.3 Å². The van der Waals surface area contributed by atoms with Crippen LogP contribution in [0.5, 0.6) is 0 Å². The number of benzene rings is 1. The highest BCUT2D eigenvalue weighted by Gasteiger charge is 2.15. The number of aromatic nitrogens is 5. The summed E-state index contributed by atoms with van der Waals surface area (Å²) in [6.07, 6.45) is 1.37. The van der Waals surface area contributed by atoms with Crippen LogP contribution in [0.25, 0.3) is 11.2 Å². The molecule has 0 saturated heterocycles. The van der Waals surface area contributed by atoms with Gasteiger partial charge in [0.15, 0.2) is 11.2 Å². The van der Waals surface area contributed by atoms with Crippen LogP contribution in [0.4, 0.5) is 0 Å². The second-order valence-electron chi connectivity index (χ2n) is 4.80. The Morgan fingerprint density at radius 1 is 1.35 bits per heavy atom. The highest BCUT2D eigenvalue weighted by atomic mass is 35.5. The summed E-state index contributed by atoms with van der Waals surface area (Å²) in [6.45, 7) is 2.01. The molecule has 0 aliphatic carbocycles. The molecule has 3 aromatic rings. The van der Waals surface area contributed by atoms with Crippen molar-refractivity contribution >= 4 is 40.5 Å². The maximum absolute atomic E-state index is 10.9. The zero-order chi connectivity index (χ0) is 16.4. The smallest absolute Gasteiger partial charge is 0.183 e. The van der Waals surface area contributed by atoms with Crippen LogP contribution in [0.15, 0.2) is 35.6 Å². The van der Waals surface area contributed by atoms with Crippen molar-refractivity contribution in [3.63, 3.8) is 0 Å². The molecule has 3 rings (SSSR count). The van der Waals surface area contributed by atoms with Crippen molar-refractivity contribution in [2.24, 2.45) is 0 Å². The van der Waals surface area contributed by atoms with Gasteiger partial charge in [-0.15, -0.1) is 5.10 Å². The number of nitrogens with zero attached hydrogens (tertiary/aromatic N) is 5. The van der Waals surface area contributed by atoms with Crippen LogP contribution in [0, 0.1) is 0 Å². The number of carbonyl (C=O) groups excluding carboxylic acids is 1. The van der Waals surface area contributed by atoms with Crippen molar-refractivity contribution in [1.82, 2.24) is 25.0 Å². The average molecular weight is 349 g/mol. The Kier molecular flexibility index (Phi) is 4.44. The van der Waals surface area contributed by atoms with Crippen LogP contribution in [-0.2, 0) is 11.3 Å². The number of carboxylic acid groups (broad SMARTS) is 1. The molecule has 0 saturated carbocycles. The van der Waals surface area contributed by atoms with Gasteiger partial charge in [-0.1, -0.05) is 40.7 Å². The Morgan fingerprint density at radius 2 is 2.09 bits per heavy atom. The molecule has 0 radical (unpaired) electrons. The molecule has 0 amide bonds. The number of thioether (sulfide) groups is 1. The third-order valence-electron chi connectivity index (χ3n) is 3.13. The SMILES string of the molecule is C[C@H](Sc1ncnc2c1nnn2Cc1ccc(Cl)cc1)C(=O)[O-]. The number of carboxylic acids is 1. The maximum Gasteiger partial charge on any atom is 0.183 e. The Balaban J connectivity index is 1.91. The second kappa shape index (κ2) is 6.51. The van der Waals surface area contributed by atoms with E-state index in [1.807, 2.05) is 12.1 Å². The van der Waals surface area contributed by atoms with Gasteiger partial charge in [-0.05, 0) is 24.6 Å². The fourth-order valence-corrected chi connectivity index (χ4v) is 2.85. The molecule has 1 aromatic carbocycles. The monoisotopic (exact) mass is 348 g/mol. The van der Waals surface area contributed by atoms with Crippen molar-refractivity contribution in [2.45, 2.75) is 23.7 Å². The fraction of sp³-hybridized carbons (Fsp3) is 0.214. The van der Waals surface area contributed by atoms with Gasteiger partial charge < -0.3 is 9.90 Å². The van der Waals surface area contributed by atoms with E-state index >= 15 is 0 Å². The molecule has 0 aliphatic rings. The molecule has 7 nitrogen and oxygen atoms in total. The van der Waals surface area contributed by atoms with Gasteiger partial charge in [0.25, 0.3) is 0 Å². The number of hydrogen-bond acceptors (Lipinski definition) is 7. The van der Waals surface area contributed by atoms with E-state index in [4.69, 9.17) is 11.6 Å². The van der Waals surface area contributed by atoms with Gasteiger partial charge in [0.05, 0.1) is 12.5 Å². The summed E-state index contributed by atoms with van der Waals surface area (Å²) in [5.74, 6) is -1.16. The summed E-state index contributed by atoms with van der Waals surface area (Å²) in [7, 11) is 0. The lowest BCUT2D eigenvalue weighted by atomic mass is 10.2. The molecule has 0 spiro atoms. The average Bonchev–Trinajstić information content (AvgIpc) is 2.94. The van der Waals surface area contributed by atoms with Crippen molar-refractivity contribution < 1.29 is 9.90 Å². The molecular weight excluding hydrogens is 338 g/mol. The van der Waals surface area contributed by atoms with Crippen LogP contribution < -0.4 is 5.11 Å². The Bertz CT molecular complexity index is 852. The van der Waals surface area contributed by atoms with E-state index in [-0.39, 0.29) is 0 Å². The predicted molar refractivity (Wildman–Crippen MR) is 84.0 cm³/mol. The Morgan fingerprint density at radius 3 is 2.78 bits per heavy atom. The summed E-state index contributed by atoms with van der Waals surface area (Å²) in [5, 5.41) is 19.4. The Labute approximate surface area is 140 Å². The summed E-state index contributed by atoms with van der Waals surface area (Å²) in [5.41, 5.74) is 2.01. The van der Waals surface area contributed by atoms with Crippen molar-refractivity contribution in [3.05, 3.63) is 41.2 Å². The molecule has 0 bridgehead atoms. The third kappa shape index (κ3) is 3.43. The van der Waals surface area contributed by atoms with E-state index in [0.717, 1.165) is 17.3 Å². The second-order valence-corrected chi connectivity index (χ2v) is 6.57. The highest BCUT2D eigenvalue weighted by molar-refractivity contribution is 8.00. The molecule has 0 N–H and O–H groups in total. The molecule has 2 heterocycles. The minimum Gasteiger partial charge on any atom is -0.549 e. The number of fused-ring (bicyclic) bond motifs is 1. The molecule has 118 valence electrons. The Hall–Kier alpha value is -2.19. The summed E-state index contributed by atoms with van der Waals surface area (Å²) in [6, 6.07) is 7.39. The molecular formula is C14H11ClN5O2S-. The summed E-state index contributed by atoms with van der Waals surface area (Å²) >= 11 is 6.93. The van der Waals surface area contributed by atoms with Crippen LogP contribution in [0.1, 0.15) is 12.5 Å². The molecule has 0 unspecified atom stereocenters. The van der Waals surface area contributed by atoms with Crippen molar-refractivity contribution in [2.75, 3.05) is 0 Å². The van der Waals surface area contributed by atoms with E-state index in [0.29, 0.717) is 27.8 Å². The quantitative estimate of drug-likeness (QED) is 0.504. The van der Waals surface area contributed by atoms with E-state index in [1.165, 1.54) is 13.3 Å². The van der Waals surface area contributed by atoms with Crippen LogP contribution in [-0.4, -0.2) is 36.2 Å². The molecule has 23 heavy (non-hydrogen) atoms. The highest BCUT2D eigenvalue weighted by Crippen LogP contribution is 2.26. The molecule has 2 aromatic heterocycles. The standard InChI is InChI=1S/C14H12ClN5O2S/c1-8(14(21)22)23-13-11-12(16-7-17-13)20(19-18-11)6-9-2-4-10(15)5-3-9/h2-5,7-8H,6H2,1H3,(H,21,22)/p-1/t8-/m0/s1. The first-order valence-electron chi connectivity index (χ1n) is 6.71. The van der Waals surface area contributed by atoms with E-state index in [2.05, 4.69) is 20.3 Å². The fourth-order valence-electron chi connectivity index (χ4n) is 1.94.